The molecule has 0 bridgehead atoms. The zero-order valence-corrected chi connectivity index (χ0v) is 78.5. The van der Waals surface area contributed by atoms with Crippen molar-refractivity contribution >= 4 is 140 Å². The Bertz CT molecular complexity index is 5250. The molecule has 15 atom stereocenters. The topological polar surface area (TPSA) is 663 Å². The number of hydrogen-bond acceptors (Lipinski definition) is 24. The largest absolute Gasteiger partial charge is 0.508 e. The number of benzene rings is 3. The molecule has 3 aliphatic rings. The number of aliphatic hydroxyl groups excluding tert-OH is 1. The smallest absolute Gasteiger partial charge is 0.305 e. The number of imidazole rings is 1. The molecule has 3 saturated heterocycles. The van der Waals surface area contributed by atoms with Crippen LogP contribution in [0.4, 0.5) is 0 Å². The first-order valence-corrected chi connectivity index (χ1v) is 47.2. The lowest BCUT2D eigenvalue weighted by Crippen LogP contribution is -2.61. The Labute approximate surface area is 795 Å². The van der Waals surface area contributed by atoms with Crippen LogP contribution < -0.4 is 70.4 Å². The number of amides is 16. The summed E-state index contributed by atoms with van der Waals surface area (Å²) < 4.78 is 0. The lowest BCUT2D eigenvalue weighted by atomic mass is 9.99. The maximum atomic E-state index is 15.9. The Hall–Kier alpha value is -13.6. The highest BCUT2D eigenvalue weighted by Crippen LogP contribution is 2.28. The van der Waals surface area contributed by atoms with Crippen LogP contribution in [0.5, 0.6) is 5.75 Å². The zero-order valence-electron chi connectivity index (χ0n) is 77.7. The number of aromatic nitrogens is 4. The number of phenols is 1. The molecule has 45 heteroatoms. The van der Waals surface area contributed by atoms with Gasteiger partial charge in [0.1, 0.15) is 90.3 Å². The molecule has 0 radical (unpaired) electrons. The van der Waals surface area contributed by atoms with Crippen LogP contribution in [-0.4, -0.2) is 327 Å². The van der Waals surface area contributed by atoms with E-state index < -0.39 is 247 Å². The number of carbonyl (C=O) groups excluding carboxylic acids is 16. The number of aromatic hydroxyl groups is 1. The minimum atomic E-state index is -1.92. The van der Waals surface area contributed by atoms with E-state index in [9.17, 15) is 68.4 Å². The quantitative estimate of drug-likeness (QED) is 0.0228. The van der Waals surface area contributed by atoms with E-state index in [0.29, 0.717) is 75.9 Å². The third kappa shape index (κ3) is 30.2. The normalized spacial score (nSPS) is 24.6. The summed E-state index contributed by atoms with van der Waals surface area (Å²) in [7, 11) is 3.84. The number of likely N-dealkylation sites (N-methyl/N-ethyl adjacent to an activating group) is 3. The number of aliphatic carboxylic acids is 2. The third-order valence-corrected chi connectivity index (χ3v) is 25.7. The van der Waals surface area contributed by atoms with Crippen molar-refractivity contribution in [3.8, 4) is 5.75 Å². The number of aromatic amines is 3. The third-order valence-electron chi connectivity index (χ3n) is 24.7. The molecular weight excluding hydrogens is 1800 g/mol. The number of carbonyl (C=O) groups is 18. The molecule has 0 aliphatic carbocycles. The Morgan fingerprint density at radius 2 is 1.04 bits per heavy atom. The monoisotopic (exact) mass is 1920 g/mol. The lowest BCUT2D eigenvalue weighted by molar-refractivity contribution is -0.149. The molecule has 0 unspecified atom stereocenters. The predicted octanol–water partition coefficient (Wildman–Crippen LogP) is -1.90. The Kier molecular flexibility index (Phi) is 40.6. The molecule has 137 heavy (non-hydrogen) atoms. The molecule has 3 aliphatic heterocycles. The lowest BCUT2D eigenvalue weighted by Gasteiger charge is -2.36. The summed E-state index contributed by atoms with van der Waals surface area (Å²) in [5, 5.41) is 69.7. The summed E-state index contributed by atoms with van der Waals surface area (Å²) in [5.41, 5.74) is 20.4. The summed E-state index contributed by atoms with van der Waals surface area (Å²) in [6.07, 6.45) is 2.47. The SMILES string of the molecule is CCCC[C@H]1C(=O)N(C)[C@@H](CCCC)C(=O)N[C@@H](CCC(=O)O)C(=O)N[C@H](C(=O)NCC(N)=O)CSCC(=O)N[C@@H](Cc2ccc(O)cc2)C(=O)N(C)[C@@H](C)C(=O)N[C@@H](CC(=O)O)C(=O)N2CCC[C@H]2C(=O)N[C@@H](Cc2c[nH]cn2)C(=O)N[C@@H](CCCN)C(=O)N2C[C@H](O)C[C@H]2C(=O)N[C@@H](Cc2c[nH]c3ccccc23)C(=O)N[C@@H](CCCCN)C(=O)N[C@@H](Cc2c[nH]c3ccccc23)C(=O)N1C. The van der Waals surface area contributed by atoms with E-state index in [1.54, 1.807) is 67.8 Å². The van der Waals surface area contributed by atoms with Crippen molar-refractivity contribution < 1.29 is 107 Å². The van der Waals surface area contributed by atoms with E-state index in [4.69, 9.17) is 17.2 Å². The molecule has 23 N–H and O–H groups in total. The number of hydrogen-bond donors (Lipinski definition) is 20. The molecule has 6 aromatic rings. The van der Waals surface area contributed by atoms with Gasteiger partial charge in [0.2, 0.25) is 94.5 Å². The van der Waals surface area contributed by atoms with Gasteiger partial charge in [-0.3, -0.25) is 86.3 Å². The fraction of sp³-hybridized carbons (Fsp3) is 0.533. The minimum absolute atomic E-state index is 0.0219. The second-order valence-electron chi connectivity index (χ2n) is 34.7. The number of para-hydroxylation sites is 2. The number of carboxylic acids is 2. The number of aliphatic hydroxyl groups is 1. The van der Waals surface area contributed by atoms with Crippen LogP contribution in [0.1, 0.15) is 152 Å². The van der Waals surface area contributed by atoms with Gasteiger partial charge in [0.25, 0.3) is 0 Å². The van der Waals surface area contributed by atoms with E-state index in [1.165, 1.54) is 64.9 Å². The summed E-state index contributed by atoms with van der Waals surface area (Å²) in [6.45, 7) is 3.56. The van der Waals surface area contributed by atoms with Crippen molar-refractivity contribution in [2.45, 2.75) is 246 Å². The highest BCUT2D eigenvalue weighted by molar-refractivity contribution is 8.00. The summed E-state index contributed by atoms with van der Waals surface area (Å²) >= 11 is 0.702. The first-order chi connectivity index (χ1) is 65.4. The summed E-state index contributed by atoms with van der Waals surface area (Å²) in [4.78, 5) is 282. The van der Waals surface area contributed by atoms with Crippen LogP contribution in [0, 0.1) is 0 Å². The number of nitrogens with one attached hydrogen (secondary N) is 13. The molecule has 0 saturated carbocycles. The van der Waals surface area contributed by atoms with Crippen molar-refractivity contribution in [2.75, 3.05) is 65.4 Å². The molecule has 6 heterocycles. The van der Waals surface area contributed by atoms with E-state index >= 15 is 38.4 Å². The summed E-state index contributed by atoms with van der Waals surface area (Å²) in [6, 6.07) is -2.57. The van der Waals surface area contributed by atoms with Gasteiger partial charge in [-0.2, -0.15) is 0 Å². The maximum Gasteiger partial charge on any atom is 0.305 e. The van der Waals surface area contributed by atoms with Crippen molar-refractivity contribution in [1.82, 2.24) is 97.6 Å². The van der Waals surface area contributed by atoms with Crippen LogP contribution in [0.25, 0.3) is 21.8 Å². The number of rotatable bonds is 29. The fourth-order valence-electron chi connectivity index (χ4n) is 17.0. The van der Waals surface area contributed by atoms with Crippen molar-refractivity contribution in [2.24, 2.45) is 17.2 Å². The average Bonchev–Trinajstić information content (AvgIpc) is 1.71. The number of unbranched alkanes of at least 4 members (excludes halogenated alkanes) is 3. The number of H-pyrrole nitrogens is 3. The Balaban J connectivity index is 1.11. The van der Waals surface area contributed by atoms with Crippen molar-refractivity contribution in [3.05, 3.63) is 120 Å². The van der Waals surface area contributed by atoms with Crippen LogP contribution in [0.2, 0.25) is 0 Å². The molecular formula is C92H128N22O22S. The molecule has 3 aromatic carbocycles. The van der Waals surface area contributed by atoms with E-state index in [-0.39, 0.29) is 115 Å². The van der Waals surface area contributed by atoms with Gasteiger partial charge in [0, 0.05) is 119 Å². The van der Waals surface area contributed by atoms with Crippen molar-refractivity contribution in [1.29, 1.82) is 0 Å². The molecule has 0 spiro atoms. The number of phenolic OH excluding ortho intramolecular Hbond substituents is 1. The first-order valence-electron chi connectivity index (χ1n) is 46.1. The molecule has 16 amide bonds. The molecule has 744 valence electrons. The van der Waals surface area contributed by atoms with Gasteiger partial charge >= 0.3 is 11.9 Å². The van der Waals surface area contributed by atoms with Crippen molar-refractivity contribution in [3.63, 3.8) is 0 Å². The molecule has 3 aromatic heterocycles. The molecule has 3 fully saturated rings. The van der Waals surface area contributed by atoms with E-state index in [1.807, 2.05) is 6.92 Å². The fourth-order valence-corrected chi connectivity index (χ4v) is 17.8. The Morgan fingerprint density at radius 3 is 1.64 bits per heavy atom. The first kappa shape index (κ1) is 107. The zero-order chi connectivity index (χ0) is 99.9. The van der Waals surface area contributed by atoms with Gasteiger partial charge in [-0.15, -0.1) is 11.8 Å². The second-order valence-corrected chi connectivity index (χ2v) is 35.8. The number of carboxylic acid groups (broad SMARTS) is 2. The van der Waals surface area contributed by atoms with Crippen LogP contribution in [-0.2, 0) is 112 Å². The highest BCUT2D eigenvalue weighted by atomic mass is 32.2. The van der Waals surface area contributed by atoms with Gasteiger partial charge in [0.15, 0.2) is 0 Å². The maximum absolute atomic E-state index is 15.9. The van der Waals surface area contributed by atoms with Crippen LogP contribution >= 0.6 is 11.8 Å². The molecule has 44 nitrogen and oxygen atoms in total. The van der Waals surface area contributed by atoms with Gasteiger partial charge in [-0.05, 0) is 125 Å². The second kappa shape index (κ2) is 51.9. The van der Waals surface area contributed by atoms with Gasteiger partial charge in [-0.25, -0.2) is 4.98 Å². The van der Waals surface area contributed by atoms with Gasteiger partial charge in [0.05, 0.1) is 36.8 Å². The number of thioether (sulfide) groups is 1. The summed E-state index contributed by atoms with van der Waals surface area (Å²) in [5.74, 6) is -19.7. The van der Waals surface area contributed by atoms with E-state index in [0.717, 1.165) is 24.5 Å². The van der Waals surface area contributed by atoms with Gasteiger partial charge in [-0.1, -0.05) is 88.1 Å². The number of nitrogens with zero attached hydrogens (tertiary/aromatic N) is 6. The standard InChI is InChI=1S/C92H128N22O22S/c1-7-9-25-71-85(129)103-63(32-33-77(119)120)82(126)109-70(80(124)99-46-75(95)117)48-137-49-76(118)101-67(37-52-28-30-56(115)31-29-52)88(132)110(4)51(3)79(123)107-69(42-78(121)122)91(135)113-36-18-27-72(113)86(130)106-66(40-55-45-96-50-100-55)84(128)104-64(24-17-35-94)90(134)114-47-57(116)41-74(114)87(131)105-65(38-53-43-97-60-21-13-11-19-58(53)60)83(127)102-62(23-15-16-34-93)81(125)108-68(39-54-44-98-61-22-14-12-20-59(54)61)89(133)112(6)73(26-10-8-2)92(136)111(71)5/h11-14,19-22,28-31,43-45,50-51,57,62-74,97-98,115-116H,7-10,15-18,23-27,32-42,46-49,93-94H2,1-6H3,(H2,95,117)(H,96,100)(H,99,124)(H,101,118)(H,102,127)(H,103,129)(H,104,128)(H,105,131)(H,106,130)(H,107,123)(H,108,125)(H,109,126)(H,119,120)(H,121,122)/t51-,57+,62-,63-,64-,65-,66-,67-,68-,69-,70-,71-,72-,73-,74-/m0/s1. The Morgan fingerprint density at radius 1 is 0.511 bits per heavy atom. The molecule has 9 rings (SSSR count). The number of primary amides is 1. The predicted molar refractivity (Wildman–Crippen MR) is 501 cm³/mol. The number of nitrogens with two attached hydrogens (primary N) is 3. The van der Waals surface area contributed by atoms with Crippen LogP contribution in [0.3, 0.4) is 0 Å². The van der Waals surface area contributed by atoms with Crippen LogP contribution in [0.15, 0.2) is 97.7 Å². The van der Waals surface area contributed by atoms with E-state index in [2.05, 4.69) is 73.1 Å². The minimum Gasteiger partial charge on any atom is -0.508 e. The highest BCUT2D eigenvalue weighted by Gasteiger charge is 2.47. The average molecular weight is 1930 g/mol. The van der Waals surface area contributed by atoms with Gasteiger partial charge < -0.3 is 130 Å². The number of fused-ring (bicyclic) bond motifs is 4.